The van der Waals surface area contributed by atoms with Crippen molar-refractivity contribution in [3.8, 4) is 17.2 Å². The molecule has 41 heavy (non-hydrogen) atoms. The van der Waals surface area contributed by atoms with Gasteiger partial charge in [0.15, 0.2) is 5.82 Å². The topological polar surface area (TPSA) is 103 Å². The predicted octanol–water partition coefficient (Wildman–Crippen LogP) is 6.23. The van der Waals surface area contributed by atoms with Crippen molar-refractivity contribution < 1.29 is 14.2 Å². The second-order valence-corrected chi connectivity index (χ2v) is 10.2. The fourth-order valence-corrected chi connectivity index (χ4v) is 4.40. The van der Waals surface area contributed by atoms with E-state index >= 15 is 0 Å². The Labute approximate surface area is 249 Å². The molecule has 0 unspecified atom stereocenters. The molecule has 0 atom stereocenters. The van der Waals surface area contributed by atoms with E-state index in [4.69, 9.17) is 25.0 Å². The van der Waals surface area contributed by atoms with E-state index < -0.39 is 0 Å². The van der Waals surface area contributed by atoms with Gasteiger partial charge in [-0.1, -0.05) is 36.4 Å². The van der Waals surface area contributed by atoms with Crippen molar-refractivity contribution in [3.63, 3.8) is 0 Å². The highest BCUT2D eigenvalue weighted by Crippen LogP contribution is 2.25. The van der Waals surface area contributed by atoms with Crippen molar-refractivity contribution in [2.75, 3.05) is 32.0 Å². The first-order chi connectivity index (χ1) is 19.9. The Morgan fingerprint density at radius 1 is 0.780 bits per heavy atom. The van der Waals surface area contributed by atoms with E-state index in [1.165, 1.54) is 16.7 Å². The molecule has 0 aliphatic heterocycles. The number of nitrogens with one attached hydrogen (secondary N) is 1. The highest BCUT2D eigenvalue weighted by atomic mass is 79.9. The van der Waals surface area contributed by atoms with Crippen LogP contribution in [0.2, 0.25) is 0 Å². The molecule has 0 saturated carbocycles. The zero-order valence-corrected chi connectivity index (χ0v) is 25.3. The molecule has 3 N–H and O–H groups in total. The minimum atomic E-state index is 0.569. The average molecular weight is 620 g/mol. The van der Waals surface area contributed by atoms with E-state index in [0.717, 1.165) is 46.2 Å². The normalized spacial score (nSPS) is 10.5. The number of benzene rings is 3. The van der Waals surface area contributed by atoms with Crippen molar-refractivity contribution >= 4 is 27.6 Å². The Kier molecular flexibility index (Phi) is 10.3. The minimum absolute atomic E-state index is 0.569. The highest BCUT2D eigenvalue weighted by Gasteiger charge is 2.16. The largest absolute Gasteiger partial charge is 0.497 e. The molecule has 0 saturated heterocycles. The zero-order chi connectivity index (χ0) is 29.2. The van der Waals surface area contributed by atoms with E-state index in [1.54, 1.807) is 27.5 Å². The van der Waals surface area contributed by atoms with Crippen LogP contribution in [0.1, 0.15) is 22.3 Å². The summed E-state index contributed by atoms with van der Waals surface area (Å²) >= 11 is 3.15. The first kappa shape index (κ1) is 29.5. The third-order valence-electron chi connectivity index (χ3n) is 6.41. The number of hydrogen-bond acceptors (Lipinski definition) is 7. The maximum Gasteiger partial charge on any atom is 0.154 e. The van der Waals surface area contributed by atoms with Crippen LogP contribution >= 0.6 is 15.9 Å². The number of rotatable bonds is 10. The van der Waals surface area contributed by atoms with Gasteiger partial charge in [-0.25, -0.2) is 0 Å². The molecule has 0 aliphatic rings. The molecular formula is C31H35BrN6O3. The van der Waals surface area contributed by atoms with Crippen LogP contribution in [0.25, 0.3) is 0 Å². The van der Waals surface area contributed by atoms with Gasteiger partial charge in [-0.2, -0.15) is 10.2 Å². The van der Waals surface area contributed by atoms with Gasteiger partial charge in [0.05, 0.1) is 38.5 Å². The van der Waals surface area contributed by atoms with E-state index in [-0.39, 0.29) is 0 Å². The number of nitrogens with zero attached hydrogens (tertiary/aromatic N) is 4. The van der Waals surface area contributed by atoms with Crippen molar-refractivity contribution in [2.45, 2.75) is 26.6 Å². The number of halogens is 1. The monoisotopic (exact) mass is 618 g/mol. The molecule has 5 rings (SSSR count). The van der Waals surface area contributed by atoms with E-state index in [0.29, 0.717) is 12.4 Å². The summed E-state index contributed by atoms with van der Waals surface area (Å²) < 4.78 is 18.7. The van der Waals surface area contributed by atoms with Gasteiger partial charge in [-0.05, 0) is 75.9 Å². The smallest absolute Gasteiger partial charge is 0.154 e. The second kappa shape index (κ2) is 14.3. The van der Waals surface area contributed by atoms with Gasteiger partial charge < -0.3 is 24.8 Å². The lowest BCUT2D eigenvalue weighted by Gasteiger charge is -2.24. The fraction of sp³-hybridized carbons (Fsp3) is 0.226. The van der Waals surface area contributed by atoms with Crippen molar-refractivity contribution in [3.05, 3.63) is 112 Å². The van der Waals surface area contributed by atoms with Gasteiger partial charge in [0.25, 0.3) is 0 Å². The number of methoxy groups -OCH3 is 3. The summed E-state index contributed by atoms with van der Waals surface area (Å²) in [5.41, 5.74) is 9.97. The Morgan fingerprint density at radius 3 is 1.61 bits per heavy atom. The molecule has 3 aromatic carbocycles. The van der Waals surface area contributed by atoms with Gasteiger partial charge in [0.1, 0.15) is 23.1 Å². The average Bonchev–Trinajstić information content (AvgIpc) is 3.56. The van der Waals surface area contributed by atoms with E-state index in [9.17, 15) is 0 Å². The molecule has 2 aromatic heterocycles. The minimum Gasteiger partial charge on any atom is -0.497 e. The number of aromatic nitrogens is 4. The summed E-state index contributed by atoms with van der Waals surface area (Å²) in [6.07, 6.45) is 3.71. The Balaban J connectivity index is 0.000000483. The van der Waals surface area contributed by atoms with Crippen LogP contribution in [-0.4, -0.2) is 41.3 Å². The van der Waals surface area contributed by atoms with Crippen molar-refractivity contribution in [1.82, 2.24) is 20.0 Å². The number of H-pyrrole nitrogens is 1. The van der Waals surface area contributed by atoms with Gasteiger partial charge in [0, 0.05) is 24.8 Å². The van der Waals surface area contributed by atoms with Gasteiger partial charge in [-0.15, -0.1) is 0 Å². The van der Waals surface area contributed by atoms with E-state index in [2.05, 4.69) is 80.5 Å². The number of aryl methyl sites for hydroxylation is 1. The lowest BCUT2D eigenvalue weighted by atomic mass is 10.1. The number of nitrogens with two attached hydrogens (primary N) is 1. The zero-order valence-electron chi connectivity index (χ0n) is 23.7. The van der Waals surface area contributed by atoms with Crippen molar-refractivity contribution in [1.29, 1.82) is 0 Å². The number of anilines is 2. The van der Waals surface area contributed by atoms with Crippen molar-refractivity contribution in [2.24, 2.45) is 0 Å². The van der Waals surface area contributed by atoms with Crippen LogP contribution in [-0.2, 0) is 19.6 Å². The molecule has 0 bridgehead atoms. The Morgan fingerprint density at radius 2 is 1.24 bits per heavy atom. The first-order valence-corrected chi connectivity index (χ1v) is 13.8. The second-order valence-electron chi connectivity index (χ2n) is 9.37. The first-order valence-electron chi connectivity index (χ1n) is 13.0. The van der Waals surface area contributed by atoms with Crippen LogP contribution < -0.4 is 24.8 Å². The molecule has 0 amide bonds. The summed E-state index contributed by atoms with van der Waals surface area (Å²) in [6.45, 7) is 4.28. The maximum atomic E-state index is 5.32. The van der Waals surface area contributed by atoms with Crippen LogP contribution in [0.5, 0.6) is 17.2 Å². The number of aromatic amines is 1. The molecule has 0 fully saturated rings. The molecular weight excluding hydrogens is 584 g/mol. The molecule has 0 radical (unpaired) electrons. The summed E-state index contributed by atoms with van der Waals surface area (Å²) in [4.78, 5) is 2.31. The molecule has 0 aliphatic carbocycles. The quantitative estimate of drug-likeness (QED) is 0.191. The lowest BCUT2D eigenvalue weighted by Crippen LogP contribution is -2.23. The fourth-order valence-electron chi connectivity index (χ4n) is 4.21. The van der Waals surface area contributed by atoms with Gasteiger partial charge >= 0.3 is 0 Å². The van der Waals surface area contributed by atoms with Gasteiger partial charge in [0.2, 0.25) is 0 Å². The third kappa shape index (κ3) is 8.28. The molecule has 5 aromatic rings. The van der Waals surface area contributed by atoms with Crippen LogP contribution in [0, 0.1) is 6.92 Å². The lowest BCUT2D eigenvalue weighted by molar-refractivity contribution is 0.414. The summed E-state index contributed by atoms with van der Waals surface area (Å²) in [5, 5.41) is 11.1. The third-order valence-corrected chi connectivity index (χ3v) is 7.04. The van der Waals surface area contributed by atoms with Gasteiger partial charge in [-0.3, -0.25) is 9.78 Å². The number of nitrogen functional groups attached to an aromatic ring is 1. The Hall–Kier alpha value is -4.44. The summed E-state index contributed by atoms with van der Waals surface area (Å²) in [6, 6.07) is 24.5. The number of hydrogen-bond donors (Lipinski definition) is 2. The summed E-state index contributed by atoms with van der Waals surface area (Å²) in [7, 11) is 5.05. The SMILES string of the molecule is COc1ccc(CN(Cc2ccc(OC)cc2)c2nn(Cc3ccc(OC)cc3)cc2C)cc1.Nc1[nH]ncc1Br. The predicted molar refractivity (Wildman–Crippen MR) is 166 cm³/mol. The molecule has 2 heterocycles. The van der Waals surface area contributed by atoms with Crippen LogP contribution in [0.4, 0.5) is 11.6 Å². The number of ether oxygens (including phenoxy) is 3. The maximum absolute atomic E-state index is 5.32. The molecule has 10 heteroatoms. The molecule has 9 nitrogen and oxygen atoms in total. The van der Waals surface area contributed by atoms with Crippen LogP contribution in [0.15, 0.2) is 89.7 Å². The van der Waals surface area contributed by atoms with E-state index in [1.807, 2.05) is 41.1 Å². The summed E-state index contributed by atoms with van der Waals surface area (Å²) in [5.74, 6) is 4.10. The standard InChI is InChI=1S/C28H31N3O3.C3H4BrN3/c1-21-17-31(20-24-9-15-27(34-4)16-10-24)29-28(21)30(18-22-5-11-25(32-2)12-6-22)19-23-7-13-26(33-3)14-8-23;4-2-1-6-7-3(2)5/h5-17H,18-20H2,1-4H3;1H,(H3,5,6,7). The molecule has 214 valence electrons. The molecule has 0 spiro atoms. The Bertz CT molecular complexity index is 1430. The highest BCUT2D eigenvalue weighted by molar-refractivity contribution is 9.10. The van der Waals surface area contributed by atoms with Crippen LogP contribution in [0.3, 0.4) is 0 Å².